The second kappa shape index (κ2) is 8.23. The van der Waals surface area contributed by atoms with E-state index in [0.29, 0.717) is 22.2 Å². The summed E-state index contributed by atoms with van der Waals surface area (Å²) in [6.07, 6.45) is -0.995. The zero-order valence-corrected chi connectivity index (χ0v) is 17.5. The average Bonchev–Trinajstić information content (AvgIpc) is 2.85. The Balaban J connectivity index is 1.65. The molecule has 0 radical (unpaired) electrons. The summed E-state index contributed by atoms with van der Waals surface area (Å²) in [7, 11) is 0. The highest BCUT2D eigenvalue weighted by Crippen LogP contribution is 2.34. The number of para-hydroxylation sites is 2. The van der Waals surface area contributed by atoms with Gasteiger partial charge in [-0.15, -0.1) is 0 Å². The van der Waals surface area contributed by atoms with Crippen molar-refractivity contribution in [3.63, 3.8) is 0 Å². The van der Waals surface area contributed by atoms with Gasteiger partial charge in [0.25, 0.3) is 17.4 Å². The van der Waals surface area contributed by atoms with Crippen LogP contribution in [0.25, 0.3) is 10.8 Å². The van der Waals surface area contributed by atoms with Gasteiger partial charge in [0.2, 0.25) is 0 Å². The Bertz CT molecular complexity index is 1430. The number of anilines is 1. The summed E-state index contributed by atoms with van der Waals surface area (Å²) in [5.41, 5.74) is 6.69. The summed E-state index contributed by atoms with van der Waals surface area (Å²) in [5, 5.41) is 5.30. The Labute approximate surface area is 188 Å². The summed E-state index contributed by atoms with van der Waals surface area (Å²) in [4.78, 5) is 40.2. The molecule has 2 amide bonds. The van der Waals surface area contributed by atoms with Gasteiger partial charge in [-0.1, -0.05) is 60.7 Å². The molecule has 33 heavy (non-hydrogen) atoms. The number of carbonyl (C=O) groups excluding carboxylic acids is 2. The number of ether oxygens (including phenoxy) is 1. The fraction of sp³-hybridized carbons (Fsp3) is 0.120. The number of aromatic nitrogens is 2. The van der Waals surface area contributed by atoms with Crippen LogP contribution in [0.2, 0.25) is 0 Å². The number of rotatable bonds is 4. The van der Waals surface area contributed by atoms with Crippen molar-refractivity contribution >= 4 is 28.3 Å². The molecule has 5 rings (SSSR count). The fourth-order valence-electron chi connectivity index (χ4n) is 3.96. The molecule has 1 aliphatic rings. The summed E-state index contributed by atoms with van der Waals surface area (Å²) in [5.74, 6) is -0.744. The third-order valence-corrected chi connectivity index (χ3v) is 5.58. The standard InChI is InChI=1S/C25H20N4O4/c26-23(30)21-15-28(19-12-6-7-13-20(19)33-21)25(32)22-17-10-4-5-11-18(17)24(31)29(27-22)14-16-8-2-1-3-9-16/h1-13,21H,14-15H2,(H2,26,30). The highest BCUT2D eigenvalue weighted by atomic mass is 16.5. The van der Waals surface area contributed by atoms with Gasteiger partial charge in [-0.2, -0.15) is 5.10 Å². The predicted molar refractivity (Wildman–Crippen MR) is 123 cm³/mol. The molecule has 0 fully saturated rings. The highest BCUT2D eigenvalue weighted by Gasteiger charge is 2.34. The third kappa shape index (κ3) is 3.71. The molecular formula is C25H20N4O4. The second-order valence-corrected chi connectivity index (χ2v) is 7.73. The van der Waals surface area contributed by atoms with Crippen molar-refractivity contribution < 1.29 is 14.3 Å². The van der Waals surface area contributed by atoms with E-state index in [1.165, 1.54) is 9.58 Å². The number of carbonyl (C=O) groups is 2. The number of nitrogens with two attached hydrogens (primary N) is 1. The van der Waals surface area contributed by atoms with Crippen LogP contribution in [0.4, 0.5) is 5.69 Å². The maximum Gasteiger partial charge on any atom is 0.279 e. The van der Waals surface area contributed by atoms with E-state index in [1.54, 1.807) is 48.5 Å². The third-order valence-electron chi connectivity index (χ3n) is 5.58. The van der Waals surface area contributed by atoms with Crippen molar-refractivity contribution in [2.75, 3.05) is 11.4 Å². The van der Waals surface area contributed by atoms with Crippen LogP contribution >= 0.6 is 0 Å². The van der Waals surface area contributed by atoms with E-state index in [-0.39, 0.29) is 24.3 Å². The monoisotopic (exact) mass is 440 g/mol. The van der Waals surface area contributed by atoms with Crippen LogP contribution in [0.1, 0.15) is 16.1 Å². The van der Waals surface area contributed by atoms with Gasteiger partial charge >= 0.3 is 0 Å². The molecule has 1 aliphatic heterocycles. The number of hydrogen-bond acceptors (Lipinski definition) is 5. The molecule has 1 unspecified atom stereocenters. The number of amides is 2. The van der Waals surface area contributed by atoms with Gasteiger partial charge in [-0.25, -0.2) is 4.68 Å². The van der Waals surface area contributed by atoms with Gasteiger partial charge in [0.05, 0.1) is 24.2 Å². The molecule has 164 valence electrons. The number of fused-ring (bicyclic) bond motifs is 2. The first-order valence-corrected chi connectivity index (χ1v) is 10.4. The van der Waals surface area contributed by atoms with Crippen LogP contribution in [0.15, 0.2) is 83.7 Å². The highest BCUT2D eigenvalue weighted by molar-refractivity contribution is 6.13. The molecule has 2 heterocycles. The quantitative estimate of drug-likeness (QED) is 0.524. The molecule has 2 N–H and O–H groups in total. The Morgan fingerprint density at radius 1 is 0.939 bits per heavy atom. The number of nitrogens with zero attached hydrogens (tertiary/aromatic N) is 3. The van der Waals surface area contributed by atoms with Crippen molar-refractivity contribution in [1.29, 1.82) is 0 Å². The summed E-state index contributed by atoms with van der Waals surface area (Å²) >= 11 is 0. The normalized spacial score (nSPS) is 15.0. The molecule has 1 aromatic heterocycles. The van der Waals surface area contributed by atoms with Crippen molar-refractivity contribution in [3.8, 4) is 5.75 Å². The molecule has 8 nitrogen and oxygen atoms in total. The summed E-state index contributed by atoms with van der Waals surface area (Å²) in [6, 6.07) is 23.2. The lowest BCUT2D eigenvalue weighted by atomic mass is 10.1. The predicted octanol–water partition coefficient (Wildman–Crippen LogP) is 2.34. The largest absolute Gasteiger partial charge is 0.477 e. The van der Waals surface area contributed by atoms with E-state index in [2.05, 4.69) is 5.10 Å². The minimum atomic E-state index is -0.995. The van der Waals surface area contributed by atoms with Crippen molar-refractivity contribution in [3.05, 3.63) is 100 Å². The molecule has 8 heteroatoms. The van der Waals surface area contributed by atoms with E-state index in [1.807, 2.05) is 30.3 Å². The van der Waals surface area contributed by atoms with Gasteiger partial charge in [-0.05, 0) is 23.8 Å². The van der Waals surface area contributed by atoms with E-state index in [4.69, 9.17) is 10.5 Å². The van der Waals surface area contributed by atoms with Gasteiger partial charge in [-0.3, -0.25) is 19.3 Å². The zero-order valence-electron chi connectivity index (χ0n) is 17.5. The van der Waals surface area contributed by atoms with Crippen LogP contribution in [-0.4, -0.2) is 34.2 Å². The lowest BCUT2D eigenvalue weighted by molar-refractivity contribution is -0.124. The van der Waals surface area contributed by atoms with Crippen LogP contribution in [0.5, 0.6) is 5.75 Å². The first kappa shape index (κ1) is 20.4. The molecule has 0 saturated carbocycles. The van der Waals surface area contributed by atoms with E-state index >= 15 is 0 Å². The first-order chi connectivity index (χ1) is 16.0. The lowest BCUT2D eigenvalue weighted by Crippen LogP contribution is -2.49. The lowest BCUT2D eigenvalue weighted by Gasteiger charge is -2.33. The van der Waals surface area contributed by atoms with Gasteiger partial charge in [0, 0.05) is 5.39 Å². The molecule has 0 aliphatic carbocycles. The van der Waals surface area contributed by atoms with Crippen LogP contribution < -0.4 is 20.9 Å². The molecule has 1 atom stereocenters. The fourth-order valence-corrected chi connectivity index (χ4v) is 3.96. The smallest absolute Gasteiger partial charge is 0.279 e. The Kier molecular flexibility index (Phi) is 5.10. The van der Waals surface area contributed by atoms with Crippen molar-refractivity contribution in [2.24, 2.45) is 5.73 Å². The molecule has 3 aromatic carbocycles. The second-order valence-electron chi connectivity index (χ2n) is 7.73. The summed E-state index contributed by atoms with van der Waals surface area (Å²) < 4.78 is 6.97. The van der Waals surface area contributed by atoms with E-state index in [9.17, 15) is 14.4 Å². The van der Waals surface area contributed by atoms with Gasteiger partial charge in [0.15, 0.2) is 11.8 Å². The zero-order chi connectivity index (χ0) is 22.9. The minimum Gasteiger partial charge on any atom is -0.477 e. The number of benzene rings is 3. The number of primary amides is 1. The summed E-state index contributed by atoms with van der Waals surface area (Å²) in [6.45, 7) is 0.160. The van der Waals surface area contributed by atoms with Gasteiger partial charge < -0.3 is 10.5 Å². The van der Waals surface area contributed by atoms with Crippen molar-refractivity contribution in [1.82, 2.24) is 9.78 Å². The van der Waals surface area contributed by atoms with Crippen LogP contribution in [-0.2, 0) is 11.3 Å². The minimum absolute atomic E-state index is 0.0565. The maximum absolute atomic E-state index is 13.8. The van der Waals surface area contributed by atoms with E-state index < -0.39 is 17.9 Å². The Morgan fingerprint density at radius 2 is 1.61 bits per heavy atom. The molecule has 0 saturated heterocycles. The molecule has 0 bridgehead atoms. The van der Waals surface area contributed by atoms with Crippen LogP contribution in [0.3, 0.4) is 0 Å². The molecule has 0 spiro atoms. The SMILES string of the molecule is NC(=O)C1CN(C(=O)c2nn(Cc3ccccc3)c(=O)c3ccccc23)c2ccccc2O1. The van der Waals surface area contributed by atoms with Gasteiger partial charge in [0.1, 0.15) is 5.75 Å². The average molecular weight is 440 g/mol. The molecular weight excluding hydrogens is 420 g/mol. The topological polar surface area (TPSA) is 108 Å². The maximum atomic E-state index is 13.8. The Morgan fingerprint density at radius 3 is 2.36 bits per heavy atom. The van der Waals surface area contributed by atoms with E-state index in [0.717, 1.165) is 5.56 Å². The van der Waals surface area contributed by atoms with Crippen molar-refractivity contribution in [2.45, 2.75) is 12.6 Å². The first-order valence-electron chi connectivity index (χ1n) is 10.4. The molecule has 4 aromatic rings. The number of hydrogen-bond donors (Lipinski definition) is 1. The Hall–Kier alpha value is -4.46. The van der Waals surface area contributed by atoms with Crippen LogP contribution in [0, 0.1) is 0 Å².